The van der Waals surface area contributed by atoms with Crippen LogP contribution in [-0.2, 0) is 6.42 Å². The van der Waals surface area contributed by atoms with Gasteiger partial charge in [0.2, 0.25) is 0 Å². The molecule has 0 aliphatic carbocycles. The molecule has 0 spiro atoms. The van der Waals surface area contributed by atoms with Crippen LogP contribution in [-0.4, -0.2) is 14.2 Å². The summed E-state index contributed by atoms with van der Waals surface area (Å²) in [5.74, 6) is 0.912. The van der Waals surface area contributed by atoms with Crippen LogP contribution in [0.2, 0.25) is 5.02 Å². The third kappa shape index (κ3) is 3.65. The average molecular weight is 310 g/mol. The number of hydrogen-bond acceptors (Lipinski definition) is 3. The number of benzene rings is 2. The third-order valence-corrected chi connectivity index (χ3v) is 3.52. The summed E-state index contributed by atoms with van der Waals surface area (Å²) in [7, 11) is 3.13. The molecule has 0 aliphatic rings. The first kappa shape index (κ1) is 15.6. The van der Waals surface area contributed by atoms with E-state index in [0.717, 1.165) is 5.56 Å². The monoisotopic (exact) mass is 309 g/mol. The van der Waals surface area contributed by atoms with Crippen molar-refractivity contribution < 1.29 is 13.9 Å². The van der Waals surface area contributed by atoms with E-state index in [2.05, 4.69) is 0 Å². The van der Waals surface area contributed by atoms with Crippen LogP contribution in [0.25, 0.3) is 0 Å². The fourth-order valence-corrected chi connectivity index (χ4v) is 2.33. The number of rotatable bonds is 5. The second kappa shape index (κ2) is 6.78. The molecule has 0 aliphatic heterocycles. The van der Waals surface area contributed by atoms with Gasteiger partial charge < -0.3 is 15.2 Å². The van der Waals surface area contributed by atoms with Crippen molar-refractivity contribution >= 4 is 11.6 Å². The van der Waals surface area contributed by atoms with Gasteiger partial charge in [0, 0.05) is 11.1 Å². The molecule has 2 N–H and O–H groups in total. The minimum atomic E-state index is -0.363. The Morgan fingerprint density at radius 2 is 1.81 bits per heavy atom. The zero-order valence-corrected chi connectivity index (χ0v) is 12.7. The summed E-state index contributed by atoms with van der Waals surface area (Å²) < 4.78 is 24.2. The Morgan fingerprint density at radius 3 is 2.48 bits per heavy atom. The molecule has 2 rings (SSSR count). The van der Waals surface area contributed by atoms with Crippen molar-refractivity contribution in [2.24, 2.45) is 5.73 Å². The highest BCUT2D eigenvalue weighted by atomic mass is 35.5. The smallest absolute Gasteiger partial charge is 0.161 e. The van der Waals surface area contributed by atoms with E-state index in [1.807, 2.05) is 6.07 Å². The Bertz CT molecular complexity index is 634. The Hall–Kier alpha value is -1.78. The molecule has 0 saturated heterocycles. The van der Waals surface area contributed by atoms with Crippen molar-refractivity contribution in [1.82, 2.24) is 0 Å². The van der Waals surface area contributed by atoms with E-state index in [0.29, 0.717) is 28.5 Å². The molecule has 1 unspecified atom stereocenters. The van der Waals surface area contributed by atoms with E-state index in [9.17, 15) is 4.39 Å². The predicted octanol–water partition coefficient (Wildman–Crippen LogP) is 3.74. The normalized spacial score (nSPS) is 12.0. The van der Waals surface area contributed by atoms with Crippen LogP contribution in [0.5, 0.6) is 11.5 Å². The maximum atomic E-state index is 13.8. The molecule has 0 bridgehead atoms. The lowest BCUT2D eigenvalue weighted by atomic mass is 9.99. The van der Waals surface area contributed by atoms with Gasteiger partial charge in [0.25, 0.3) is 0 Å². The number of methoxy groups -OCH3 is 2. The predicted molar refractivity (Wildman–Crippen MR) is 81.6 cm³/mol. The van der Waals surface area contributed by atoms with Gasteiger partial charge >= 0.3 is 0 Å². The summed E-state index contributed by atoms with van der Waals surface area (Å²) in [5, 5.41) is 0.492. The zero-order valence-electron chi connectivity index (χ0n) is 11.9. The fraction of sp³-hybridized carbons (Fsp3) is 0.250. The molecule has 3 nitrogen and oxygen atoms in total. The minimum absolute atomic E-state index is 0.310. The number of ether oxygens (including phenoxy) is 2. The highest BCUT2D eigenvalue weighted by molar-refractivity contribution is 6.30. The summed E-state index contributed by atoms with van der Waals surface area (Å²) in [6.45, 7) is 0. The lowest BCUT2D eigenvalue weighted by molar-refractivity contribution is 0.354. The molecular weight excluding hydrogens is 293 g/mol. The lowest BCUT2D eigenvalue weighted by Gasteiger charge is -2.15. The van der Waals surface area contributed by atoms with Crippen molar-refractivity contribution in [3.8, 4) is 11.5 Å². The Morgan fingerprint density at radius 1 is 1.10 bits per heavy atom. The van der Waals surface area contributed by atoms with Crippen LogP contribution in [0.3, 0.4) is 0 Å². The van der Waals surface area contributed by atoms with Crippen LogP contribution in [0.1, 0.15) is 17.2 Å². The summed E-state index contributed by atoms with van der Waals surface area (Å²) in [6, 6.07) is 9.51. The zero-order chi connectivity index (χ0) is 15.4. The molecule has 2 aromatic carbocycles. The van der Waals surface area contributed by atoms with Gasteiger partial charge in [-0.25, -0.2) is 4.39 Å². The summed E-state index contributed by atoms with van der Waals surface area (Å²) in [6.07, 6.45) is 0.349. The third-order valence-electron chi connectivity index (χ3n) is 3.28. The highest BCUT2D eigenvalue weighted by Crippen LogP contribution is 2.30. The topological polar surface area (TPSA) is 44.5 Å². The Kier molecular flexibility index (Phi) is 5.04. The van der Waals surface area contributed by atoms with Gasteiger partial charge in [0.15, 0.2) is 11.5 Å². The number of hydrogen-bond donors (Lipinski definition) is 1. The first-order valence-electron chi connectivity index (χ1n) is 6.46. The van der Waals surface area contributed by atoms with Crippen molar-refractivity contribution in [3.63, 3.8) is 0 Å². The van der Waals surface area contributed by atoms with Crippen LogP contribution >= 0.6 is 11.6 Å². The maximum absolute atomic E-state index is 13.8. The summed E-state index contributed by atoms with van der Waals surface area (Å²) in [4.78, 5) is 0. The molecule has 112 valence electrons. The van der Waals surface area contributed by atoms with E-state index in [4.69, 9.17) is 26.8 Å². The van der Waals surface area contributed by atoms with Crippen LogP contribution < -0.4 is 15.2 Å². The SMILES string of the molecule is COc1ccc(C(N)Cc2cc(Cl)ccc2F)cc1OC. The summed E-state index contributed by atoms with van der Waals surface area (Å²) in [5.41, 5.74) is 7.49. The van der Waals surface area contributed by atoms with Crippen molar-refractivity contribution in [3.05, 3.63) is 58.4 Å². The molecule has 0 fully saturated rings. The van der Waals surface area contributed by atoms with Gasteiger partial charge in [0.1, 0.15) is 5.82 Å². The second-order valence-corrected chi connectivity index (χ2v) is 5.10. The molecule has 5 heteroatoms. The molecular formula is C16H17ClFNO2. The molecule has 0 saturated carbocycles. The van der Waals surface area contributed by atoms with E-state index in [-0.39, 0.29) is 11.9 Å². The molecule has 1 atom stereocenters. The van der Waals surface area contributed by atoms with Gasteiger partial charge in [-0.2, -0.15) is 0 Å². The molecule has 21 heavy (non-hydrogen) atoms. The molecule has 2 aromatic rings. The first-order valence-corrected chi connectivity index (χ1v) is 6.84. The molecule has 0 amide bonds. The second-order valence-electron chi connectivity index (χ2n) is 4.66. The van der Waals surface area contributed by atoms with Gasteiger partial charge in [-0.05, 0) is 47.9 Å². The van der Waals surface area contributed by atoms with Gasteiger partial charge in [-0.3, -0.25) is 0 Å². The summed E-state index contributed by atoms with van der Waals surface area (Å²) >= 11 is 5.89. The van der Waals surface area contributed by atoms with Crippen LogP contribution in [0, 0.1) is 5.82 Å². The standard InChI is InChI=1S/C16H17ClFNO2/c1-20-15-6-3-10(9-16(15)21-2)14(19)8-11-7-12(17)4-5-13(11)18/h3-7,9,14H,8,19H2,1-2H3. The van der Waals surface area contributed by atoms with E-state index < -0.39 is 0 Å². The Balaban J connectivity index is 2.24. The maximum Gasteiger partial charge on any atom is 0.161 e. The van der Waals surface area contributed by atoms with Gasteiger partial charge in [-0.15, -0.1) is 0 Å². The quantitative estimate of drug-likeness (QED) is 0.915. The molecule has 0 radical (unpaired) electrons. The van der Waals surface area contributed by atoms with E-state index in [1.165, 1.54) is 12.1 Å². The van der Waals surface area contributed by atoms with Crippen LogP contribution in [0.4, 0.5) is 4.39 Å². The number of nitrogens with two attached hydrogens (primary N) is 1. The van der Waals surface area contributed by atoms with E-state index in [1.54, 1.807) is 32.4 Å². The molecule has 0 aromatic heterocycles. The highest BCUT2D eigenvalue weighted by Gasteiger charge is 2.13. The average Bonchev–Trinajstić information content (AvgIpc) is 2.50. The minimum Gasteiger partial charge on any atom is -0.493 e. The molecule has 0 heterocycles. The largest absolute Gasteiger partial charge is 0.493 e. The van der Waals surface area contributed by atoms with E-state index >= 15 is 0 Å². The van der Waals surface area contributed by atoms with Crippen molar-refractivity contribution in [1.29, 1.82) is 0 Å². The van der Waals surface area contributed by atoms with Gasteiger partial charge in [-0.1, -0.05) is 17.7 Å². The lowest BCUT2D eigenvalue weighted by Crippen LogP contribution is -2.14. The van der Waals surface area contributed by atoms with Crippen molar-refractivity contribution in [2.75, 3.05) is 14.2 Å². The first-order chi connectivity index (χ1) is 10.0. The number of halogens is 2. The van der Waals surface area contributed by atoms with Crippen LogP contribution in [0.15, 0.2) is 36.4 Å². The van der Waals surface area contributed by atoms with Gasteiger partial charge in [0.05, 0.1) is 14.2 Å². The van der Waals surface area contributed by atoms with Crippen molar-refractivity contribution in [2.45, 2.75) is 12.5 Å². The fourth-order valence-electron chi connectivity index (χ4n) is 2.14. The Labute approximate surface area is 128 Å².